The summed E-state index contributed by atoms with van der Waals surface area (Å²) in [6.45, 7) is 1.85. The first kappa shape index (κ1) is 12.0. The number of benzene rings is 1. The molecule has 19 heavy (non-hydrogen) atoms. The highest BCUT2D eigenvalue weighted by molar-refractivity contribution is 7.90. The summed E-state index contributed by atoms with van der Waals surface area (Å²) >= 11 is 0. The van der Waals surface area contributed by atoms with Crippen LogP contribution in [0.1, 0.15) is 5.76 Å². The molecule has 5 nitrogen and oxygen atoms in total. The van der Waals surface area contributed by atoms with E-state index in [4.69, 9.17) is 4.42 Å². The van der Waals surface area contributed by atoms with Gasteiger partial charge < -0.3 is 9.40 Å². The molecule has 0 aliphatic carbocycles. The van der Waals surface area contributed by atoms with Crippen molar-refractivity contribution in [3.05, 3.63) is 36.3 Å². The van der Waals surface area contributed by atoms with Gasteiger partial charge in [-0.2, -0.15) is 0 Å². The number of imidazole rings is 1. The molecule has 0 unspecified atom stereocenters. The number of nitrogens with one attached hydrogen (secondary N) is 1. The number of fused-ring (bicyclic) bond motifs is 1. The molecule has 2 aromatic heterocycles. The number of nitrogens with zero attached hydrogens (tertiary/aromatic N) is 1. The number of aryl methyl sites for hydroxylation is 1. The van der Waals surface area contributed by atoms with Crippen molar-refractivity contribution >= 4 is 20.9 Å². The Kier molecular flexibility index (Phi) is 2.50. The third-order valence-electron chi connectivity index (χ3n) is 3.00. The van der Waals surface area contributed by atoms with Crippen LogP contribution in [-0.4, -0.2) is 24.6 Å². The number of hydrogen-bond donors (Lipinski definition) is 1. The lowest BCUT2D eigenvalue weighted by molar-refractivity contribution is 0.535. The molecule has 2 heterocycles. The maximum absolute atomic E-state index is 11.5. The Balaban J connectivity index is 2.19. The first-order chi connectivity index (χ1) is 8.95. The standard InChI is InChI=1S/C13H12N2O3S/c1-8-10(5-6-18-8)13-14-11-4-3-9(19(2,16)17)7-12(11)15-13/h3-7H,1-2H3,(H,14,15). The summed E-state index contributed by atoms with van der Waals surface area (Å²) < 4.78 is 28.3. The van der Waals surface area contributed by atoms with Crippen molar-refractivity contribution in [2.24, 2.45) is 0 Å². The van der Waals surface area contributed by atoms with E-state index in [0.29, 0.717) is 11.3 Å². The van der Waals surface area contributed by atoms with Crippen LogP contribution >= 0.6 is 0 Å². The fourth-order valence-corrected chi connectivity index (χ4v) is 2.62. The highest BCUT2D eigenvalue weighted by Crippen LogP contribution is 2.25. The largest absolute Gasteiger partial charge is 0.469 e. The summed E-state index contributed by atoms with van der Waals surface area (Å²) in [6.07, 6.45) is 2.78. The molecule has 0 saturated heterocycles. The summed E-state index contributed by atoms with van der Waals surface area (Å²) in [5.74, 6) is 1.44. The van der Waals surface area contributed by atoms with Gasteiger partial charge in [-0.3, -0.25) is 0 Å². The third kappa shape index (κ3) is 2.04. The Morgan fingerprint density at radius 1 is 1.26 bits per heavy atom. The van der Waals surface area contributed by atoms with E-state index < -0.39 is 9.84 Å². The number of rotatable bonds is 2. The molecule has 0 saturated carbocycles. The monoisotopic (exact) mass is 276 g/mol. The second kappa shape index (κ2) is 3.96. The number of aromatic nitrogens is 2. The van der Waals surface area contributed by atoms with Gasteiger partial charge in [0, 0.05) is 6.26 Å². The molecule has 0 atom stereocenters. The Morgan fingerprint density at radius 3 is 2.68 bits per heavy atom. The summed E-state index contributed by atoms with van der Waals surface area (Å²) in [6, 6.07) is 6.67. The molecule has 0 bridgehead atoms. The zero-order chi connectivity index (χ0) is 13.6. The minimum Gasteiger partial charge on any atom is -0.469 e. The van der Waals surface area contributed by atoms with Crippen LogP contribution in [0.25, 0.3) is 22.4 Å². The van der Waals surface area contributed by atoms with Gasteiger partial charge in [0.05, 0.1) is 27.8 Å². The smallest absolute Gasteiger partial charge is 0.175 e. The molecular weight excluding hydrogens is 264 g/mol. The Labute approximate surface area is 110 Å². The van der Waals surface area contributed by atoms with Crippen molar-refractivity contribution in [3.63, 3.8) is 0 Å². The summed E-state index contributed by atoms with van der Waals surface area (Å²) in [4.78, 5) is 7.82. The Bertz CT molecular complexity index is 859. The Morgan fingerprint density at radius 2 is 2.05 bits per heavy atom. The van der Waals surface area contributed by atoms with Gasteiger partial charge in [0.15, 0.2) is 9.84 Å². The molecule has 0 aliphatic rings. The average molecular weight is 276 g/mol. The topological polar surface area (TPSA) is 76.0 Å². The Hall–Kier alpha value is -2.08. The normalized spacial score (nSPS) is 12.1. The minimum absolute atomic E-state index is 0.277. The second-order valence-corrected chi connectivity index (χ2v) is 6.44. The molecule has 0 spiro atoms. The van der Waals surface area contributed by atoms with Crippen LogP contribution < -0.4 is 0 Å². The molecule has 3 rings (SSSR count). The van der Waals surface area contributed by atoms with Crippen molar-refractivity contribution in [1.82, 2.24) is 9.97 Å². The lowest BCUT2D eigenvalue weighted by atomic mass is 10.2. The van der Waals surface area contributed by atoms with Crippen molar-refractivity contribution in [1.29, 1.82) is 0 Å². The SMILES string of the molecule is Cc1occc1-c1nc2ccc(S(C)(=O)=O)cc2[nH]1. The van der Waals surface area contributed by atoms with Crippen molar-refractivity contribution in [2.45, 2.75) is 11.8 Å². The first-order valence-corrected chi connectivity index (χ1v) is 7.58. The van der Waals surface area contributed by atoms with Crippen LogP contribution in [0.15, 0.2) is 39.8 Å². The maximum Gasteiger partial charge on any atom is 0.175 e. The summed E-state index contributed by atoms with van der Waals surface area (Å²) in [5.41, 5.74) is 2.29. The average Bonchev–Trinajstić information content (AvgIpc) is 2.91. The fourth-order valence-electron chi connectivity index (χ4n) is 1.98. The van der Waals surface area contributed by atoms with Gasteiger partial charge in [-0.25, -0.2) is 13.4 Å². The molecule has 0 amide bonds. The zero-order valence-corrected chi connectivity index (χ0v) is 11.3. The summed E-state index contributed by atoms with van der Waals surface area (Å²) in [7, 11) is -3.21. The van der Waals surface area contributed by atoms with Crippen molar-refractivity contribution < 1.29 is 12.8 Å². The second-order valence-electron chi connectivity index (χ2n) is 4.43. The van der Waals surface area contributed by atoms with Gasteiger partial charge in [-0.05, 0) is 31.2 Å². The van der Waals surface area contributed by atoms with Crippen LogP contribution in [0, 0.1) is 6.92 Å². The van der Waals surface area contributed by atoms with Crippen LogP contribution in [0.2, 0.25) is 0 Å². The van der Waals surface area contributed by atoms with Gasteiger partial charge in [0.2, 0.25) is 0 Å². The fraction of sp³-hybridized carbons (Fsp3) is 0.154. The zero-order valence-electron chi connectivity index (χ0n) is 10.5. The third-order valence-corrected chi connectivity index (χ3v) is 4.11. The van der Waals surface area contributed by atoms with Crippen molar-refractivity contribution in [3.8, 4) is 11.4 Å². The minimum atomic E-state index is -3.21. The number of aromatic amines is 1. The molecule has 0 radical (unpaired) electrons. The number of furan rings is 1. The van der Waals surface area contributed by atoms with E-state index in [9.17, 15) is 8.42 Å². The maximum atomic E-state index is 11.5. The lowest BCUT2D eigenvalue weighted by Gasteiger charge is -1.96. The highest BCUT2D eigenvalue weighted by atomic mass is 32.2. The molecule has 98 valence electrons. The predicted molar refractivity (Wildman–Crippen MR) is 71.6 cm³/mol. The first-order valence-electron chi connectivity index (χ1n) is 5.69. The van der Waals surface area contributed by atoms with Gasteiger partial charge in [0.1, 0.15) is 11.6 Å². The molecule has 3 aromatic rings. The predicted octanol–water partition coefficient (Wildman–Crippen LogP) is 2.53. The molecule has 0 aliphatic heterocycles. The van der Waals surface area contributed by atoms with E-state index in [0.717, 1.165) is 16.8 Å². The van der Waals surface area contributed by atoms with Crippen LogP contribution in [0.4, 0.5) is 0 Å². The van der Waals surface area contributed by atoms with Crippen molar-refractivity contribution in [2.75, 3.05) is 6.26 Å². The lowest BCUT2D eigenvalue weighted by Crippen LogP contribution is -1.96. The van der Waals surface area contributed by atoms with Crippen LogP contribution in [0.5, 0.6) is 0 Å². The van der Waals surface area contributed by atoms with E-state index in [2.05, 4.69) is 9.97 Å². The molecule has 1 aromatic carbocycles. The van der Waals surface area contributed by atoms with Gasteiger partial charge in [0.25, 0.3) is 0 Å². The van der Waals surface area contributed by atoms with Gasteiger partial charge >= 0.3 is 0 Å². The van der Waals surface area contributed by atoms with E-state index in [1.54, 1.807) is 24.5 Å². The van der Waals surface area contributed by atoms with Crippen LogP contribution in [-0.2, 0) is 9.84 Å². The van der Waals surface area contributed by atoms with E-state index in [-0.39, 0.29) is 4.90 Å². The number of hydrogen-bond acceptors (Lipinski definition) is 4. The molecule has 1 N–H and O–H groups in total. The number of H-pyrrole nitrogens is 1. The summed E-state index contributed by atoms with van der Waals surface area (Å²) in [5, 5.41) is 0. The van der Waals surface area contributed by atoms with Crippen LogP contribution in [0.3, 0.4) is 0 Å². The van der Waals surface area contributed by atoms with Gasteiger partial charge in [-0.15, -0.1) is 0 Å². The number of sulfone groups is 1. The van der Waals surface area contributed by atoms with Gasteiger partial charge in [-0.1, -0.05) is 0 Å². The highest BCUT2D eigenvalue weighted by Gasteiger charge is 2.12. The quantitative estimate of drug-likeness (QED) is 0.780. The van der Waals surface area contributed by atoms with E-state index in [1.807, 2.05) is 13.0 Å². The molecule has 0 fully saturated rings. The molecule has 6 heteroatoms. The molecular formula is C13H12N2O3S. The van der Waals surface area contributed by atoms with E-state index in [1.165, 1.54) is 6.26 Å². The van der Waals surface area contributed by atoms with E-state index >= 15 is 0 Å².